The summed E-state index contributed by atoms with van der Waals surface area (Å²) in [6.45, 7) is 0. The smallest absolute Gasteiger partial charge is 0.227 e. The molecule has 1 aliphatic rings. The van der Waals surface area contributed by atoms with Crippen LogP contribution >= 0.6 is 12.4 Å². The third-order valence-corrected chi connectivity index (χ3v) is 2.96. The van der Waals surface area contributed by atoms with Gasteiger partial charge < -0.3 is 15.8 Å². The van der Waals surface area contributed by atoms with Crippen LogP contribution in [0, 0.1) is 5.92 Å². The number of methoxy groups -OCH3 is 1. The highest BCUT2D eigenvalue weighted by Gasteiger charge is 2.25. The Kier molecular flexibility index (Phi) is 4.63. The van der Waals surface area contributed by atoms with Crippen LogP contribution in [0.2, 0.25) is 0 Å². The SMILES string of the molecule is COc1cc(N)ccc1NC(=O)C1CCC1.Cl. The standard InChI is InChI=1S/C12H16N2O2.ClH/c1-16-11-7-9(13)5-6-10(11)14-12(15)8-3-2-4-8;/h5-8H,2-4,13H2,1H3,(H,14,15);1H. The molecule has 1 amide bonds. The predicted octanol–water partition coefficient (Wildman–Crippen LogP) is 2.44. The lowest BCUT2D eigenvalue weighted by Gasteiger charge is -2.24. The fraction of sp³-hybridized carbons (Fsp3) is 0.417. The summed E-state index contributed by atoms with van der Waals surface area (Å²) in [7, 11) is 1.56. The van der Waals surface area contributed by atoms with E-state index in [0.717, 1.165) is 19.3 Å². The molecule has 0 bridgehead atoms. The van der Waals surface area contributed by atoms with Gasteiger partial charge in [0.15, 0.2) is 0 Å². The zero-order valence-corrected chi connectivity index (χ0v) is 10.5. The van der Waals surface area contributed by atoms with Crippen LogP contribution < -0.4 is 15.8 Å². The molecule has 1 aromatic carbocycles. The van der Waals surface area contributed by atoms with Gasteiger partial charge in [-0.1, -0.05) is 6.42 Å². The van der Waals surface area contributed by atoms with Crippen molar-refractivity contribution in [3.8, 4) is 5.75 Å². The highest BCUT2D eigenvalue weighted by atomic mass is 35.5. The Morgan fingerprint density at radius 3 is 2.71 bits per heavy atom. The van der Waals surface area contributed by atoms with Crippen molar-refractivity contribution in [3.05, 3.63) is 18.2 Å². The number of nitrogens with one attached hydrogen (secondary N) is 1. The monoisotopic (exact) mass is 256 g/mol. The number of hydrogen-bond donors (Lipinski definition) is 2. The molecular formula is C12H17ClN2O2. The predicted molar refractivity (Wildman–Crippen MR) is 70.6 cm³/mol. The quantitative estimate of drug-likeness (QED) is 0.817. The van der Waals surface area contributed by atoms with E-state index in [9.17, 15) is 4.79 Å². The third kappa shape index (κ3) is 3.03. The van der Waals surface area contributed by atoms with Crippen LogP contribution in [0.1, 0.15) is 19.3 Å². The minimum absolute atomic E-state index is 0. The highest BCUT2D eigenvalue weighted by molar-refractivity contribution is 5.94. The number of nitrogen functional groups attached to an aromatic ring is 1. The molecule has 94 valence electrons. The molecule has 1 aliphatic carbocycles. The van der Waals surface area contributed by atoms with Crippen LogP contribution in [-0.4, -0.2) is 13.0 Å². The van der Waals surface area contributed by atoms with Crippen molar-refractivity contribution in [1.29, 1.82) is 0 Å². The second kappa shape index (κ2) is 5.77. The Morgan fingerprint density at radius 2 is 2.18 bits per heavy atom. The molecule has 0 atom stereocenters. The van der Waals surface area contributed by atoms with Crippen molar-refractivity contribution in [1.82, 2.24) is 0 Å². The maximum Gasteiger partial charge on any atom is 0.227 e. The Bertz CT molecular complexity index is 405. The number of benzene rings is 1. The average Bonchev–Trinajstić information content (AvgIpc) is 2.18. The Labute approximate surface area is 107 Å². The zero-order valence-electron chi connectivity index (χ0n) is 9.73. The molecule has 0 aliphatic heterocycles. The summed E-state index contributed by atoms with van der Waals surface area (Å²) in [4.78, 5) is 11.7. The second-order valence-electron chi connectivity index (χ2n) is 4.08. The number of carbonyl (C=O) groups is 1. The van der Waals surface area contributed by atoms with Gasteiger partial charge >= 0.3 is 0 Å². The van der Waals surface area contributed by atoms with Crippen LogP contribution in [0.3, 0.4) is 0 Å². The summed E-state index contributed by atoms with van der Waals surface area (Å²) >= 11 is 0. The van der Waals surface area contributed by atoms with E-state index in [1.54, 1.807) is 25.3 Å². The third-order valence-electron chi connectivity index (χ3n) is 2.96. The first-order valence-electron chi connectivity index (χ1n) is 5.45. The van der Waals surface area contributed by atoms with Gasteiger partial charge in [0.05, 0.1) is 12.8 Å². The fourth-order valence-electron chi connectivity index (χ4n) is 1.72. The number of halogens is 1. The van der Waals surface area contributed by atoms with Gasteiger partial charge in [-0.2, -0.15) is 0 Å². The normalized spacial score (nSPS) is 14.4. The maximum atomic E-state index is 11.7. The van der Waals surface area contributed by atoms with E-state index < -0.39 is 0 Å². The lowest BCUT2D eigenvalue weighted by molar-refractivity contribution is -0.122. The molecule has 3 N–H and O–H groups in total. The number of hydrogen-bond acceptors (Lipinski definition) is 3. The van der Waals surface area contributed by atoms with E-state index in [1.165, 1.54) is 0 Å². The van der Waals surface area contributed by atoms with Crippen LogP contribution in [0.25, 0.3) is 0 Å². The fourth-order valence-corrected chi connectivity index (χ4v) is 1.72. The molecule has 1 saturated carbocycles. The summed E-state index contributed by atoms with van der Waals surface area (Å²) in [5.41, 5.74) is 6.95. The lowest BCUT2D eigenvalue weighted by Crippen LogP contribution is -2.28. The van der Waals surface area contributed by atoms with Crippen molar-refractivity contribution in [2.45, 2.75) is 19.3 Å². The van der Waals surface area contributed by atoms with Gasteiger partial charge in [-0.05, 0) is 25.0 Å². The molecule has 4 nitrogen and oxygen atoms in total. The van der Waals surface area contributed by atoms with E-state index >= 15 is 0 Å². The van der Waals surface area contributed by atoms with Crippen LogP contribution in [0.5, 0.6) is 5.75 Å². The molecule has 0 aromatic heterocycles. The molecule has 1 aromatic rings. The topological polar surface area (TPSA) is 64.3 Å². The van der Waals surface area contributed by atoms with Gasteiger partial charge in [-0.3, -0.25) is 4.79 Å². The Hall–Kier alpha value is -1.42. The van der Waals surface area contributed by atoms with Gasteiger partial charge in [0.25, 0.3) is 0 Å². The maximum absolute atomic E-state index is 11.7. The first kappa shape index (κ1) is 13.6. The number of rotatable bonds is 3. The van der Waals surface area contributed by atoms with E-state index in [1.807, 2.05) is 0 Å². The first-order chi connectivity index (χ1) is 7.70. The van der Waals surface area contributed by atoms with Crippen molar-refractivity contribution < 1.29 is 9.53 Å². The first-order valence-corrected chi connectivity index (χ1v) is 5.45. The highest BCUT2D eigenvalue weighted by Crippen LogP contribution is 2.31. The average molecular weight is 257 g/mol. The molecule has 17 heavy (non-hydrogen) atoms. The Balaban J connectivity index is 0.00000144. The molecule has 1 fully saturated rings. The Morgan fingerprint density at radius 1 is 1.47 bits per heavy atom. The number of nitrogens with two attached hydrogens (primary N) is 1. The minimum atomic E-state index is 0. The summed E-state index contributed by atoms with van der Waals surface area (Å²) in [6, 6.07) is 5.22. The van der Waals surface area contributed by atoms with Crippen molar-refractivity contribution >= 4 is 29.7 Å². The molecule has 0 spiro atoms. The van der Waals surface area contributed by atoms with Gasteiger partial charge in [0, 0.05) is 17.7 Å². The van der Waals surface area contributed by atoms with E-state index in [0.29, 0.717) is 17.1 Å². The van der Waals surface area contributed by atoms with E-state index in [2.05, 4.69) is 5.32 Å². The largest absolute Gasteiger partial charge is 0.494 e. The van der Waals surface area contributed by atoms with Crippen molar-refractivity contribution in [2.75, 3.05) is 18.2 Å². The summed E-state index contributed by atoms with van der Waals surface area (Å²) in [6.07, 6.45) is 3.13. The summed E-state index contributed by atoms with van der Waals surface area (Å²) in [5.74, 6) is 0.851. The molecule has 0 radical (unpaired) electrons. The van der Waals surface area contributed by atoms with Crippen molar-refractivity contribution in [3.63, 3.8) is 0 Å². The molecular weight excluding hydrogens is 240 g/mol. The van der Waals surface area contributed by atoms with Gasteiger partial charge in [0.2, 0.25) is 5.91 Å². The van der Waals surface area contributed by atoms with Gasteiger partial charge in [-0.15, -0.1) is 12.4 Å². The van der Waals surface area contributed by atoms with Crippen LogP contribution in [0.4, 0.5) is 11.4 Å². The van der Waals surface area contributed by atoms with E-state index in [-0.39, 0.29) is 24.2 Å². The number of ether oxygens (including phenoxy) is 1. The lowest BCUT2D eigenvalue weighted by atomic mass is 9.85. The number of amides is 1. The second-order valence-corrected chi connectivity index (χ2v) is 4.08. The van der Waals surface area contributed by atoms with E-state index in [4.69, 9.17) is 10.5 Å². The van der Waals surface area contributed by atoms with Crippen molar-refractivity contribution in [2.24, 2.45) is 5.92 Å². The molecule has 5 heteroatoms. The number of anilines is 2. The molecule has 0 unspecified atom stereocenters. The number of carbonyl (C=O) groups excluding carboxylic acids is 1. The summed E-state index contributed by atoms with van der Waals surface area (Å²) in [5, 5.41) is 2.87. The minimum Gasteiger partial charge on any atom is -0.494 e. The molecule has 0 heterocycles. The zero-order chi connectivity index (χ0) is 11.5. The molecule has 2 rings (SSSR count). The molecule has 0 saturated heterocycles. The van der Waals surface area contributed by atoms with Gasteiger partial charge in [-0.25, -0.2) is 0 Å². The van der Waals surface area contributed by atoms with Crippen LogP contribution in [0.15, 0.2) is 18.2 Å². The summed E-state index contributed by atoms with van der Waals surface area (Å²) < 4.78 is 5.16. The van der Waals surface area contributed by atoms with Crippen LogP contribution in [-0.2, 0) is 4.79 Å². The van der Waals surface area contributed by atoms with Gasteiger partial charge in [0.1, 0.15) is 5.75 Å².